The number of carbonyl (C=O) groups is 1. The maximum atomic E-state index is 14.7. The van der Waals surface area contributed by atoms with E-state index in [1.54, 1.807) is 0 Å². The molecular weight excluding hydrogens is 413 g/mol. The highest BCUT2D eigenvalue weighted by Gasteiger charge is 2.55. The molecule has 0 aliphatic carbocycles. The number of benzene rings is 1. The number of rotatable bonds is 8. The van der Waals surface area contributed by atoms with Crippen LogP contribution in [-0.4, -0.2) is 18.3 Å². The third-order valence-electron chi connectivity index (χ3n) is 2.74. The molecule has 0 saturated heterocycles. The van der Waals surface area contributed by atoms with Gasteiger partial charge >= 0.3 is 13.3 Å². The fourth-order valence-corrected chi connectivity index (χ4v) is 4.71. The minimum absolute atomic E-state index is 0.0623. The molecule has 4 nitrogen and oxygen atoms in total. The van der Waals surface area contributed by atoms with Gasteiger partial charge in [0.15, 0.2) is 5.12 Å². The Balaban J connectivity index is 3.16. The summed E-state index contributed by atoms with van der Waals surface area (Å²) in [6.07, 6.45) is 0. The number of carbonyl (C=O) groups excluding carboxylic acids is 1. The smallest absolute Gasteiger partial charge is 0.304 e. The molecule has 0 atom stereocenters. The number of hydrogen-bond donors (Lipinski definition) is 0. The summed E-state index contributed by atoms with van der Waals surface area (Å²) in [7, 11) is -4.64. The Morgan fingerprint density at radius 2 is 1.87 bits per heavy atom. The summed E-state index contributed by atoms with van der Waals surface area (Å²) in [4.78, 5) is 11.0. The molecular formula is C14H18BrF2O4PS. The minimum Gasteiger partial charge on any atom is -0.304 e. The van der Waals surface area contributed by atoms with Crippen molar-refractivity contribution in [3.8, 4) is 0 Å². The summed E-state index contributed by atoms with van der Waals surface area (Å²) in [6.45, 7) is 4.07. The molecule has 0 aromatic heterocycles. The standard InChI is InChI=1S/C14H18BrF2O4PS/c1-4-20-22(19,21-5-2)14(16,17)12-7-6-11(8-13(12)15)9-23-10(3)18/h6-8H,4-5,9H2,1-3H3. The number of thioether (sulfide) groups is 1. The molecule has 0 N–H and O–H groups in total. The van der Waals surface area contributed by atoms with Crippen LogP contribution in [0.5, 0.6) is 0 Å². The normalized spacial score (nSPS) is 12.4. The largest absolute Gasteiger partial charge is 0.404 e. The van der Waals surface area contributed by atoms with Crippen LogP contribution in [0.1, 0.15) is 31.9 Å². The number of alkyl halides is 2. The Labute approximate surface area is 147 Å². The molecule has 0 amide bonds. The first-order valence-corrected chi connectivity index (χ1v) is 10.2. The van der Waals surface area contributed by atoms with Crippen molar-refractivity contribution in [2.24, 2.45) is 0 Å². The van der Waals surface area contributed by atoms with Crippen molar-refractivity contribution in [3.05, 3.63) is 33.8 Å². The van der Waals surface area contributed by atoms with Crippen molar-refractivity contribution in [2.45, 2.75) is 32.2 Å². The van der Waals surface area contributed by atoms with E-state index >= 15 is 0 Å². The van der Waals surface area contributed by atoms with Crippen LogP contribution < -0.4 is 0 Å². The van der Waals surface area contributed by atoms with Gasteiger partial charge in [0.05, 0.1) is 13.2 Å². The van der Waals surface area contributed by atoms with E-state index < -0.39 is 18.8 Å². The third-order valence-corrected chi connectivity index (χ3v) is 6.41. The van der Waals surface area contributed by atoms with Crippen molar-refractivity contribution in [3.63, 3.8) is 0 Å². The van der Waals surface area contributed by atoms with Gasteiger partial charge in [-0.05, 0) is 25.5 Å². The lowest BCUT2D eigenvalue weighted by Crippen LogP contribution is -2.19. The zero-order chi connectivity index (χ0) is 17.7. The first-order valence-electron chi connectivity index (χ1n) is 6.87. The first-order chi connectivity index (χ1) is 10.7. The van der Waals surface area contributed by atoms with Crippen molar-refractivity contribution in [1.82, 2.24) is 0 Å². The second-order valence-corrected chi connectivity index (χ2v) is 8.55. The van der Waals surface area contributed by atoms with Crippen LogP contribution in [0, 0.1) is 0 Å². The van der Waals surface area contributed by atoms with Gasteiger partial charge in [-0.15, -0.1) is 0 Å². The molecule has 1 rings (SSSR count). The predicted octanol–water partition coefficient (Wildman–Crippen LogP) is 5.54. The molecule has 9 heteroatoms. The predicted molar refractivity (Wildman–Crippen MR) is 90.9 cm³/mol. The molecule has 0 heterocycles. The van der Waals surface area contributed by atoms with Gasteiger partial charge in [0.25, 0.3) is 0 Å². The Hall–Kier alpha value is -0.270. The van der Waals surface area contributed by atoms with Crippen molar-refractivity contribution in [2.75, 3.05) is 13.2 Å². The van der Waals surface area contributed by atoms with Gasteiger partial charge in [-0.2, -0.15) is 8.78 Å². The molecule has 23 heavy (non-hydrogen) atoms. The average Bonchev–Trinajstić information content (AvgIpc) is 2.45. The zero-order valence-corrected chi connectivity index (χ0v) is 16.3. The van der Waals surface area contributed by atoms with Crippen LogP contribution in [0.4, 0.5) is 8.78 Å². The Morgan fingerprint density at radius 3 is 2.30 bits per heavy atom. The fraction of sp³-hybridized carbons (Fsp3) is 0.500. The average molecular weight is 431 g/mol. The van der Waals surface area contributed by atoms with Crippen LogP contribution in [-0.2, 0) is 29.8 Å². The van der Waals surface area contributed by atoms with Crippen LogP contribution >= 0.6 is 35.3 Å². The van der Waals surface area contributed by atoms with Gasteiger partial charge in [0.2, 0.25) is 0 Å². The first kappa shape index (κ1) is 20.8. The second-order valence-electron chi connectivity index (χ2n) is 4.47. The summed E-state index contributed by atoms with van der Waals surface area (Å²) < 4.78 is 51.4. The molecule has 0 bridgehead atoms. The van der Waals surface area contributed by atoms with Gasteiger partial charge < -0.3 is 9.05 Å². The molecule has 1 aromatic rings. The van der Waals surface area contributed by atoms with E-state index in [0.717, 1.165) is 11.8 Å². The Bertz CT molecular complexity index is 602. The van der Waals surface area contributed by atoms with Crippen molar-refractivity contribution in [1.29, 1.82) is 0 Å². The Kier molecular flexibility index (Phi) is 7.87. The minimum atomic E-state index is -4.64. The highest BCUT2D eigenvalue weighted by atomic mass is 79.9. The summed E-state index contributed by atoms with van der Waals surface area (Å²) in [5.74, 6) is 0.369. The second kappa shape index (κ2) is 8.72. The molecule has 130 valence electrons. The van der Waals surface area contributed by atoms with E-state index in [2.05, 4.69) is 15.9 Å². The topological polar surface area (TPSA) is 52.6 Å². The van der Waals surface area contributed by atoms with E-state index in [9.17, 15) is 18.1 Å². The molecule has 0 spiro atoms. The van der Waals surface area contributed by atoms with Crippen molar-refractivity contribution >= 4 is 40.4 Å². The SMILES string of the molecule is CCOP(=O)(OCC)C(F)(F)c1ccc(CSC(C)=O)cc1Br. The number of hydrogen-bond acceptors (Lipinski definition) is 5. The van der Waals surface area contributed by atoms with Crippen LogP contribution in [0.25, 0.3) is 0 Å². The Morgan fingerprint density at radius 1 is 1.30 bits per heavy atom. The lowest BCUT2D eigenvalue weighted by molar-refractivity contribution is -0.109. The summed E-state index contributed by atoms with van der Waals surface area (Å²) in [5.41, 5.74) is -3.57. The van der Waals surface area contributed by atoms with E-state index in [1.165, 1.54) is 39.0 Å². The van der Waals surface area contributed by atoms with E-state index in [1.807, 2.05) is 0 Å². The third kappa shape index (κ3) is 5.10. The maximum absolute atomic E-state index is 14.7. The van der Waals surface area contributed by atoms with Gasteiger partial charge in [-0.1, -0.05) is 39.8 Å². The zero-order valence-electron chi connectivity index (χ0n) is 13.0. The van der Waals surface area contributed by atoms with Gasteiger partial charge in [-0.25, -0.2) is 0 Å². The van der Waals surface area contributed by atoms with E-state index in [0.29, 0.717) is 11.3 Å². The van der Waals surface area contributed by atoms with Gasteiger partial charge in [0, 0.05) is 22.7 Å². The molecule has 0 fully saturated rings. The lowest BCUT2D eigenvalue weighted by atomic mass is 10.1. The summed E-state index contributed by atoms with van der Waals surface area (Å²) in [5, 5.41) is -0.0623. The molecule has 1 aromatic carbocycles. The van der Waals surface area contributed by atoms with Crippen LogP contribution in [0.15, 0.2) is 22.7 Å². The molecule has 0 unspecified atom stereocenters. The lowest BCUT2D eigenvalue weighted by Gasteiger charge is -2.26. The van der Waals surface area contributed by atoms with Crippen LogP contribution in [0.3, 0.4) is 0 Å². The summed E-state index contributed by atoms with van der Waals surface area (Å²) in [6, 6.07) is 4.11. The van der Waals surface area contributed by atoms with Crippen LogP contribution in [0.2, 0.25) is 0 Å². The van der Waals surface area contributed by atoms with Gasteiger partial charge in [0.1, 0.15) is 0 Å². The quantitative estimate of drug-likeness (QED) is 0.506. The summed E-state index contributed by atoms with van der Waals surface area (Å²) >= 11 is 4.16. The molecule has 0 aliphatic heterocycles. The highest BCUT2D eigenvalue weighted by Crippen LogP contribution is 2.67. The monoisotopic (exact) mass is 430 g/mol. The van der Waals surface area contributed by atoms with E-state index in [-0.39, 0.29) is 22.8 Å². The number of halogens is 3. The molecule has 0 saturated carbocycles. The molecule has 0 aliphatic rings. The van der Waals surface area contributed by atoms with Gasteiger partial charge in [-0.3, -0.25) is 9.36 Å². The highest BCUT2D eigenvalue weighted by molar-refractivity contribution is 9.10. The maximum Gasteiger partial charge on any atom is 0.404 e. The van der Waals surface area contributed by atoms with Crippen molar-refractivity contribution < 1.29 is 27.2 Å². The fourth-order valence-electron chi connectivity index (χ4n) is 1.76. The molecule has 0 radical (unpaired) electrons. The van der Waals surface area contributed by atoms with E-state index in [4.69, 9.17) is 9.05 Å².